The highest BCUT2D eigenvalue weighted by Gasteiger charge is 2.04. The molecule has 5 heteroatoms. The number of piperidine rings is 1. The van der Waals surface area contributed by atoms with Gasteiger partial charge in [0.05, 0.1) is 0 Å². The second-order valence-corrected chi connectivity index (χ2v) is 2.67. The monoisotopic (exact) mass is 162 g/mol. The zero-order valence-electron chi connectivity index (χ0n) is 6.62. The molecule has 0 atom stereocenters. The molecule has 1 heterocycles. The van der Waals surface area contributed by atoms with E-state index >= 15 is 0 Å². The fourth-order valence-electron chi connectivity index (χ4n) is 0.966. The van der Waals surface area contributed by atoms with Crippen LogP contribution in [-0.2, 0) is 0 Å². The minimum atomic E-state index is -1.50. The number of rotatable bonds is 0. The maximum atomic E-state index is 8.36. The molecule has 0 aromatic carbocycles. The van der Waals surface area contributed by atoms with Crippen LogP contribution >= 0.6 is 0 Å². The standard InChI is InChI=1S/C6H13N.HNO3/c1-6-2-4-7-5-3-6;2-1(3)4/h6-7H,2-5H2,1H3;(H,2,3,4). The third-order valence-electron chi connectivity index (χ3n) is 1.63. The molecule has 2 N–H and O–H groups in total. The van der Waals surface area contributed by atoms with Crippen molar-refractivity contribution in [3.63, 3.8) is 0 Å². The minimum Gasteiger partial charge on any atom is -0.328 e. The first kappa shape index (κ1) is 10.2. The predicted octanol–water partition coefficient (Wildman–Crippen LogP) is 0.658. The summed E-state index contributed by atoms with van der Waals surface area (Å²) in [6.07, 6.45) is 2.75. The second-order valence-electron chi connectivity index (χ2n) is 2.67. The van der Waals surface area contributed by atoms with Gasteiger partial charge in [0.15, 0.2) is 0 Å². The van der Waals surface area contributed by atoms with Crippen molar-refractivity contribution in [2.45, 2.75) is 19.8 Å². The highest BCUT2D eigenvalue weighted by Crippen LogP contribution is 2.08. The maximum absolute atomic E-state index is 8.36. The van der Waals surface area contributed by atoms with Gasteiger partial charge < -0.3 is 10.5 Å². The molecule has 1 saturated heterocycles. The van der Waals surface area contributed by atoms with E-state index in [1.165, 1.54) is 25.9 Å². The fourth-order valence-corrected chi connectivity index (χ4v) is 0.966. The van der Waals surface area contributed by atoms with Crippen LogP contribution in [0.3, 0.4) is 0 Å². The molecule has 0 aliphatic carbocycles. The quantitative estimate of drug-likeness (QED) is 0.405. The molecule has 0 unspecified atom stereocenters. The Labute approximate surface area is 65.5 Å². The molecular weight excluding hydrogens is 148 g/mol. The van der Waals surface area contributed by atoms with Gasteiger partial charge in [-0.15, -0.1) is 10.1 Å². The van der Waals surface area contributed by atoms with Crippen LogP contribution < -0.4 is 5.32 Å². The average molecular weight is 162 g/mol. The van der Waals surface area contributed by atoms with E-state index in [0.717, 1.165) is 5.92 Å². The summed E-state index contributed by atoms with van der Waals surface area (Å²) in [5.74, 6) is 0.973. The van der Waals surface area contributed by atoms with E-state index in [9.17, 15) is 0 Å². The molecule has 0 spiro atoms. The van der Waals surface area contributed by atoms with Crippen molar-refractivity contribution in [1.29, 1.82) is 0 Å². The number of nitrogens with zero attached hydrogens (tertiary/aromatic N) is 1. The Morgan fingerprint density at radius 1 is 1.55 bits per heavy atom. The summed E-state index contributed by atoms with van der Waals surface area (Å²) >= 11 is 0. The van der Waals surface area contributed by atoms with Crippen LogP contribution in [0.2, 0.25) is 0 Å². The summed E-state index contributed by atoms with van der Waals surface area (Å²) in [5, 5.41) is 17.0. The van der Waals surface area contributed by atoms with Crippen molar-refractivity contribution in [3.05, 3.63) is 10.1 Å². The summed E-state index contributed by atoms with van der Waals surface area (Å²) in [4.78, 5) is 8.36. The van der Waals surface area contributed by atoms with Crippen LogP contribution in [0, 0.1) is 16.0 Å². The Bertz CT molecular complexity index is 108. The van der Waals surface area contributed by atoms with E-state index in [-0.39, 0.29) is 0 Å². The predicted molar refractivity (Wildman–Crippen MR) is 40.0 cm³/mol. The molecular formula is C6H14N2O3. The number of hydrogen-bond acceptors (Lipinski definition) is 3. The van der Waals surface area contributed by atoms with Gasteiger partial charge in [-0.25, -0.2) is 0 Å². The lowest BCUT2D eigenvalue weighted by Crippen LogP contribution is -2.26. The van der Waals surface area contributed by atoms with Gasteiger partial charge in [-0.05, 0) is 31.8 Å². The Kier molecular flexibility index (Phi) is 5.46. The van der Waals surface area contributed by atoms with Gasteiger partial charge >= 0.3 is 0 Å². The van der Waals surface area contributed by atoms with Gasteiger partial charge in [-0.2, -0.15) is 0 Å². The molecule has 1 rings (SSSR count). The molecule has 0 radical (unpaired) electrons. The molecule has 11 heavy (non-hydrogen) atoms. The molecule has 1 aliphatic heterocycles. The molecule has 0 saturated carbocycles. The van der Waals surface area contributed by atoms with E-state index in [4.69, 9.17) is 15.3 Å². The summed E-state index contributed by atoms with van der Waals surface area (Å²) in [6.45, 7) is 4.79. The largest absolute Gasteiger partial charge is 0.328 e. The van der Waals surface area contributed by atoms with Crippen molar-refractivity contribution < 1.29 is 10.3 Å². The van der Waals surface area contributed by atoms with E-state index in [2.05, 4.69) is 12.2 Å². The van der Waals surface area contributed by atoms with Gasteiger partial charge in [0, 0.05) is 0 Å². The molecule has 0 amide bonds. The smallest absolute Gasteiger partial charge is 0.291 e. The molecule has 66 valence electrons. The number of nitrogens with one attached hydrogen (secondary N) is 1. The zero-order chi connectivity index (χ0) is 8.69. The first-order valence-corrected chi connectivity index (χ1v) is 3.67. The van der Waals surface area contributed by atoms with E-state index in [1.807, 2.05) is 0 Å². The molecule has 1 fully saturated rings. The highest BCUT2D eigenvalue weighted by molar-refractivity contribution is 4.62. The Morgan fingerprint density at radius 2 is 1.91 bits per heavy atom. The van der Waals surface area contributed by atoms with Crippen LogP contribution in [0.15, 0.2) is 0 Å². The lowest BCUT2D eigenvalue weighted by molar-refractivity contribution is -0.742. The van der Waals surface area contributed by atoms with Crippen molar-refractivity contribution in [2.75, 3.05) is 13.1 Å². The molecule has 5 nitrogen and oxygen atoms in total. The summed E-state index contributed by atoms with van der Waals surface area (Å²) in [7, 11) is 0. The van der Waals surface area contributed by atoms with E-state index in [0.29, 0.717) is 0 Å². The average Bonchev–Trinajstić information content (AvgIpc) is 1.87. The first-order valence-electron chi connectivity index (χ1n) is 3.67. The Balaban J connectivity index is 0.000000218. The molecule has 0 aromatic rings. The van der Waals surface area contributed by atoms with Crippen LogP contribution in [-0.4, -0.2) is 23.4 Å². The zero-order valence-corrected chi connectivity index (χ0v) is 6.62. The van der Waals surface area contributed by atoms with E-state index < -0.39 is 5.09 Å². The summed E-state index contributed by atoms with van der Waals surface area (Å²) < 4.78 is 0. The van der Waals surface area contributed by atoms with Gasteiger partial charge in [-0.1, -0.05) is 6.92 Å². The summed E-state index contributed by atoms with van der Waals surface area (Å²) in [6, 6.07) is 0. The normalized spacial score (nSPS) is 18.3. The van der Waals surface area contributed by atoms with Crippen LogP contribution in [0.25, 0.3) is 0 Å². The van der Waals surface area contributed by atoms with Gasteiger partial charge in [-0.3, -0.25) is 0 Å². The van der Waals surface area contributed by atoms with Gasteiger partial charge in [0.1, 0.15) is 0 Å². The minimum absolute atomic E-state index is 0.973. The molecule has 1 aliphatic rings. The third-order valence-corrected chi connectivity index (χ3v) is 1.63. The maximum Gasteiger partial charge on any atom is 0.291 e. The summed E-state index contributed by atoms with van der Waals surface area (Å²) in [5.41, 5.74) is 0. The van der Waals surface area contributed by atoms with Crippen LogP contribution in [0.4, 0.5) is 0 Å². The lowest BCUT2D eigenvalue weighted by atomic mass is 10.0. The van der Waals surface area contributed by atoms with Gasteiger partial charge in [0.25, 0.3) is 5.09 Å². The second kappa shape index (κ2) is 5.91. The highest BCUT2D eigenvalue weighted by atomic mass is 16.9. The van der Waals surface area contributed by atoms with E-state index in [1.54, 1.807) is 0 Å². The van der Waals surface area contributed by atoms with Crippen molar-refractivity contribution in [2.24, 2.45) is 5.92 Å². The Morgan fingerprint density at radius 3 is 2.09 bits per heavy atom. The van der Waals surface area contributed by atoms with Gasteiger partial charge in [0.2, 0.25) is 0 Å². The SMILES string of the molecule is CC1CCNCC1.O=[N+]([O-])O. The topological polar surface area (TPSA) is 75.4 Å². The third kappa shape index (κ3) is 9.16. The Hall–Kier alpha value is -0.840. The van der Waals surface area contributed by atoms with Crippen molar-refractivity contribution >= 4 is 0 Å². The van der Waals surface area contributed by atoms with Crippen LogP contribution in [0.1, 0.15) is 19.8 Å². The fraction of sp³-hybridized carbons (Fsp3) is 1.00. The number of hydrogen-bond donors (Lipinski definition) is 2. The molecule has 0 aromatic heterocycles. The molecule has 0 bridgehead atoms. The van der Waals surface area contributed by atoms with Crippen molar-refractivity contribution in [3.8, 4) is 0 Å². The first-order chi connectivity index (χ1) is 5.13. The van der Waals surface area contributed by atoms with Crippen LogP contribution in [0.5, 0.6) is 0 Å². The van der Waals surface area contributed by atoms with Crippen molar-refractivity contribution in [1.82, 2.24) is 5.32 Å². The lowest BCUT2D eigenvalue weighted by Gasteiger charge is -2.17.